The summed E-state index contributed by atoms with van der Waals surface area (Å²) in [7, 11) is 0. The van der Waals surface area contributed by atoms with Gasteiger partial charge < -0.3 is 14.2 Å². The van der Waals surface area contributed by atoms with Gasteiger partial charge in [-0.1, -0.05) is 274 Å². The molecule has 0 aliphatic heterocycles. The van der Waals surface area contributed by atoms with Gasteiger partial charge in [0.15, 0.2) is 6.10 Å². The van der Waals surface area contributed by atoms with Crippen LogP contribution in [0.5, 0.6) is 0 Å². The fourth-order valence-corrected chi connectivity index (χ4v) is 8.71. The number of carbonyl (C=O) groups excluding carboxylic acids is 3. The van der Waals surface area contributed by atoms with Crippen LogP contribution in [-0.2, 0) is 28.6 Å². The lowest BCUT2D eigenvalue weighted by molar-refractivity contribution is -0.167. The highest BCUT2D eigenvalue weighted by molar-refractivity contribution is 5.71. The average Bonchev–Trinajstić information content (AvgIpc) is 3.49. The first kappa shape index (κ1) is 77.8. The van der Waals surface area contributed by atoms with Crippen LogP contribution in [0.1, 0.15) is 278 Å². The Balaban J connectivity index is 4.45. The smallest absolute Gasteiger partial charge is 0.306 e. The molecule has 83 heavy (non-hydrogen) atoms. The maximum atomic E-state index is 12.9. The molecule has 0 aliphatic rings. The van der Waals surface area contributed by atoms with Crippen LogP contribution in [0.15, 0.2) is 170 Å². The van der Waals surface area contributed by atoms with Crippen molar-refractivity contribution in [3.8, 4) is 0 Å². The van der Waals surface area contributed by atoms with Gasteiger partial charge in [0.2, 0.25) is 0 Å². The molecule has 0 rings (SSSR count). The Hall–Kier alpha value is -5.23. The first-order valence-corrected chi connectivity index (χ1v) is 33.6. The molecule has 466 valence electrons. The Labute approximate surface area is 511 Å². The Morgan fingerprint density at radius 2 is 0.470 bits per heavy atom. The van der Waals surface area contributed by atoms with Crippen molar-refractivity contribution in [1.29, 1.82) is 0 Å². The summed E-state index contributed by atoms with van der Waals surface area (Å²) in [5.41, 5.74) is 0. The van der Waals surface area contributed by atoms with E-state index < -0.39 is 6.10 Å². The monoisotopic (exact) mass is 1140 g/mol. The summed E-state index contributed by atoms with van der Waals surface area (Å²) in [5, 5.41) is 0. The number of ether oxygens (including phenoxy) is 3. The van der Waals surface area contributed by atoms with Gasteiger partial charge in [0.25, 0.3) is 0 Å². The second kappa shape index (κ2) is 69.3. The standard InChI is InChI=1S/C77H122O6/c1-4-7-10-13-16-19-22-25-28-30-32-33-34-35-36-37-38-39-40-41-42-43-45-46-49-52-55-58-61-64-67-70-76(79)82-73-74(72-81-75(78)69-66-63-60-57-54-51-48-27-24-21-18-15-12-9-6-3)83-77(80)71-68-65-62-59-56-53-50-47-44-31-29-26-23-20-17-14-11-8-5-2/h7,9-10,12,16-21,25-29,32-33,35-36,38-39,41-42,45-46,48,52,55,74H,4-6,8,11,13-15,22-24,30-31,34,37,40,43-44,47,49-51,53-54,56-73H2,1-3H3/b10-7-,12-9-,19-16-,20-17-,21-18-,28-25-,29-26-,33-32-,36-35-,39-38-,42-41-,46-45-,48-27-,55-52-. The zero-order valence-corrected chi connectivity index (χ0v) is 53.4. The predicted molar refractivity (Wildman–Crippen MR) is 361 cm³/mol. The van der Waals surface area contributed by atoms with E-state index in [0.29, 0.717) is 19.3 Å². The number of unbranched alkanes of at least 4 members (excludes halogenated alkanes) is 20. The fraction of sp³-hybridized carbons (Fsp3) is 0.597. The molecular formula is C77H122O6. The third-order valence-corrected chi connectivity index (χ3v) is 13.7. The number of allylic oxidation sites excluding steroid dienone is 28. The summed E-state index contributed by atoms with van der Waals surface area (Å²) in [6, 6.07) is 0. The van der Waals surface area contributed by atoms with Crippen molar-refractivity contribution in [2.24, 2.45) is 0 Å². The van der Waals surface area contributed by atoms with Gasteiger partial charge in [0.1, 0.15) is 13.2 Å². The summed E-state index contributed by atoms with van der Waals surface area (Å²) in [4.78, 5) is 38.4. The minimum absolute atomic E-state index is 0.106. The lowest BCUT2D eigenvalue weighted by Crippen LogP contribution is -2.30. The predicted octanol–water partition coefficient (Wildman–Crippen LogP) is 23.4. The van der Waals surface area contributed by atoms with Crippen molar-refractivity contribution in [2.75, 3.05) is 13.2 Å². The van der Waals surface area contributed by atoms with Crippen LogP contribution in [0, 0.1) is 0 Å². The molecule has 1 atom stereocenters. The lowest BCUT2D eigenvalue weighted by Gasteiger charge is -2.18. The van der Waals surface area contributed by atoms with Gasteiger partial charge in [0.05, 0.1) is 0 Å². The fourth-order valence-electron chi connectivity index (χ4n) is 8.71. The van der Waals surface area contributed by atoms with Gasteiger partial charge in [-0.2, -0.15) is 0 Å². The molecule has 0 fully saturated rings. The Morgan fingerprint density at radius 1 is 0.253 bits per heavy atom. The van der Waals surface area contributed by atoms with Crippen LogP contribution >= 0.6 is 0 Å². The highest BCUT2D eigenvalue weighted by atomic mass is 16.6. The maximum Gasteiger partial charge on any atom is 0.306 e. The Morgan fingerprint density at radius 3 is 0.747 bits per heavy atom. The molecule has 0 bridgehead atoms. The molecule has 0 aromatic carbocycles. The minimum atomic E-state index is -0.812. The summed E-state index contributed by atoms with van der Waals surface area (Å²) in [6.07, 6.45) is 102. The van der Waals surface area contributed by atoms with Crippen LogP contribution in [-0.4, -0.2) is 37.2 Å². The normalized spacial score (nSPS) is 13.2. The molecule has 0 saturated carbocycles. The van der Waals surface area contributed by atoms with Gasteiger partial charge in [-0.25, -0.2) is 0 Å². The van der Waals surface area contributed by atoms with Crippen LogP contribution < -0.4 is 0 Å². The lowest BCUT2D eigenvalue weighted by atomic mass is 10.1. The summed E-state index contributed by atoms with van der Waals surface area (Å²) >= 11 is 0. The van der Waals surface area contributed by atoms with Gasteiger partial charge in [-0.3, -0.25) is 14.4 Å². The topological polar surface area (TPSA) is 78.9 Å². The largest absolute Gasteiger partial charge is 0.462 e. The molecule has 6 nitrogen and oxygen atoms in total. The highest BCUT2D eigenvalue weighted by Gasteiger charge is 2.19. The van der Waals surface area contributed by atoms with E-state index in [9.17, 15) is 14.4 Å². The molecule has 0 heterocycles. The average molecular weight is 1140 g/mol. The van der Waals surface area contributed by atoms with Crippen molar-refractivity contribution in [3.63, 3.8) is 0 Å². The van der Waals surface area contributed by atoms with E-state index in [1.165, 1.54) is 70.6 Å². The van der Waals surface area contributed by atoms with Crippen molar-refractivity contribution >= 4 is 17.9 Å². The quantitative estimate of drug-likeness (QED) is 0.0261. The van der Waals surface area contributed by atoms with E-state index in [1.807, 2.05) is 0 Å². The third kappa shape index (κ3) is 67.4. The Bertz CT molecular complexity index is 1890. The first-order valence-electron chi connectivity index (χ1n) is 33.6. The van der Waals surface area contributed by atoms with E-state index in [4.69, 9.17) is 14.2 Å². The second-order valence-electron chi connectivity index (χ2n) is 21.6. The van der Waals surface area contributed by atoms with Crippen LogP contribution in [0.4, 0.5) is 0 Å². The van der Waals surface area contributed by atoms with Crippen LogP contribution in [0.2, 0.25) is 0 Å². The third-order valence-electron chi connectivity index (χ3n) is 13.7. The highest BCUT2D eigenvalue weighted by Crippen LogP contribution is 2.15. The number of hydrogen-bond acceptors (Lipinski definition) is 6. The van der Waals surface area contributed by atoms with Crippen molar-refractivity contribution < 1.29 is 28.6 Å². The molecule has 1 unspecified atom stereocenters. The van der Waals surface area contributed by atoms with E-state index in [1.54, 1.807) is 0 Å². The second-order valence-corrected chi connectivity index (χ2v) is 21.6. The molecule has 0 aliphatic carbocycles. The summed E-state index contributed by atoms with van der Waals surface area (Å²) < 4.78 is 16.9. The van der Waals surface area contributed by atoms with Gasteiger partial charge in [0, 0.05) is 19.3 Å². The maximum absolute atomic E-state index is 12.9. The molecule has 6 heteroatoms. The molecular weight excluding hydrogens is 1020 g/mol. The number of hydrogen-bond donors (Lipinski definition) is 0. The van der Waals surface area contributed by atoms with E-state index in [2.05, 4.69) is 191 Å². The van der Waals surface area contributed by atoms with Crippen LogP contribution in [0.3, 0.4) is 0 Å². The molecule has 0 N–H and O–H groups in total. The van der Waals surface area contributed by atoms with Crippen molar-refractivity contribution in [2.45, 2.75) is 284 Å². The molecule has 0 spiro atoms. The molecule has 0 radical (unpaired) electrons. The minimum Gasteiger partial charge on any atom is -0.462 e. The molecule has 0 amide bonds. The summed E-state index contributed by atoms with van der Waals surface area (Å²) in [6.45, 7) is 6.35. The van der Waals surface area contributed by atoms with E-state index >= 15 is 0 Å². The SMILES string of the molecule is CC/C=C\C/C=C\C/C=C\C/C=C\C/C=C\C/C=C\C/C=C\C/C=C\C/C=C\CCCCCC(=O)OCC(COC(=O)CCCCCCC/C=C\C/C=C\C/C=C\CC)OC(=O)CCCCCCCCCCC/C=C\C/C=C\CCCCC. The van der Waals surface area contributed by atoms with E-state index in [0.717, 1.165) is 167 Å². The van der Waals surface area contributed by atoms with Gasteiger partial charge in [-0.15, -0.1) is 0 Å². The van der Waals surface area contributed by atoms with Crippen LogP contribution in [0.25, 0.3) is 0 Å². The molecule has 0 saturated heterocycles. The van der Waals surface area contributed by atoms with E-state index in [-0.39, 0.29) is 31.1 Å². The summed E-state index contributed by atoms with van der Waals surface area (Å²) in [5.74, 6) is -0.962. The zero-order chi connectivity index (χ0) is 59.9. The first-order chi connectivity index (χ1) is 41.0. The molecule has 0 aromatic heterocycles. The van der Waals surface area contributed by atoms with Gasteiger partial charge in [-0.05, 0) is 154 Å². The number of rotatable bonds is 59. The number of esters is 3. The van der Waals surface area contributed by atoms with Crippen molar-refractivity contribution in [3.05, 3.63) is 170 Å². The zero-order valence-electron chi connectivity index (χ0n) is 53.4. The van der Waals surface area contributed by atoms with Crippen molar-refractivity contribution in [1.82, 2.24) is 0 Å². The molecule has 0 aromatic rings. The Kier molecular flexibility index (Phi) is 64.9. The van der Waals surface area contributed by atoms with Gasteiger partial charge >= 0.3 is 17.9 Å². The number of carbonyl (C=O) groups is 3.